The van der Waals surface area contributed by atoms with Gasteiger partial charge in [0.1, 0.15) is 5.83 Å². The summed E-state index contributed by atoms with van der Waals surface area (Å²) >= 11 is 0. The Kier molecular flexibility index (Phi) is 4.82. The summed E-state index contributed by atoms with van der Waals surface area (Å²) in [5.74, 6) is -0.774. The topological polar surface area (TPSA) is 17.1 Å². The minimum absolute atomic E-state index is 0.179. The molecule has 0 heterocycles. The van der Waals surface area contributed by atoms with Crippen LogP contribution >= 0.6 is 0 Å². The average molecular weight is 228 g/mol. The van der Waals surface area contributed by atoms with Crippen LogP contribution in [0.25, 0.3) is 0 Å². The number of hydrogen-bond donors (Lipinski definition) is 0. The Labute approximate surface area is 100 Å². The first kappa shape index (κ1) is 12.8. The quantitative estimate of drug-likeness (QED) is 0.422. The highest BCUT2D eigenvalue weighted by atomic mass is 19.1. The van der Waals surface area contributed by atoms with Crippen molar-refractivity contribution in [2.45, 2.75) is 0 Å². The molecule has 0 bridgehead atoms. The van der Waals surface area contributed by atoms with E-state index in [0.717, 1.165) is 0 Å². The average Bonchev–Trinajstić information content (AvgIpc) is 2.34. The molecule has 0 saturated carbocycles. The predicted octanol–water partition coefficient (Wildman–Crippen LogP) is 4.02. The number of hydrogen-bond acceptors (Lipinski definition) is 1. The lowest BCUT2D eigenvalue weighted by molar-refractivity contribution is 0.104. The lowest BCUT2D eigenvalue weighted by Crippen LogP contribution is -1.93. The number of allylic oxidation sites excluding steroid dienone is 6. The van der Waals surface area contributed by atoms with E-state index in [1.165, 1.54) is 24.3 Å². The van der Waals surface area contributed by atoms with E-state index < -0.39 is 5.83 Å². The summed E-state index contributed by atoms with van der Waals surface area (Å²) in [5, 5.41) is 0. The van der Waals surface area contributed by atoms with Gasteiger partial charge in [0.2, 0.25) is 0 Å². The lowest BCUT2D eigenvalue weighted by atomic mass is 10.1. The smallest absolute Gasteiger partial charge is 0.185 e. The third-order valence-electron chi connectivity index (χ3n) is 2.08. The maximum absolute atomic E-state index is 12.9. The maximum Gasteiger partial charge on any atom is 0.185 e. The van der Waals surface area contributed by atoms with Gasteiger partial charge in [-0.2, -0.15) is 0 Å². The zero-order valence-electron chi connectivity index (χ0n) is 9.40. The van der Waals surface area contributed by atoms with Gasteiger partial charge < -0.3 is 0 Å². The SMILES string of the molecule is C=C/C=C(/C=C/C(=O)c1ccccc1)C(=C)F. The molecule has 0 aliphatic rings. The van der Waals surface area contributed by atoms with Crippen LogP contribution < -0.4 is 0 Å². The predicted molar refractivity (Wildman–Crippen MR) is 68.4 cm³/mol. The summed E-state index contributed by atoms with van der Waals surface area (Å²) in [6.45, 7) is 6.64. The highest BCUT2D eigenvalue weighted by Crippen LogP contribution is 2.11. The van der Waals surface area contributed by atoms with E-state index in [1.807, 2.05) is 6.07 Å². The van der Waals surface area contributed by atoms with Gasteiger partial charge in [0.05, 0.1) is 0 Å². The van der Waals surface area contributed by atoms with Gasteiger partial charge in [-0.25, -0.2) is 4.39 Å². The Morgan fingerprint density at radius 2 is 1.82 bits per heavy atom. The van der Waals surface area contributed by atoms with Gasteiger partial charge in [0, 0.05) is 11.1 Å². The monoisotopic (exact) mass is 228 g/mol. The molecule has 0 aromatic heterocycles. The van der Waals surface area contributed by atoms with Crippen LogP contribution in [0.4, 0.5) is 4.39 Å². The summed E-state index contributed by atoms with van der Waals surface area (Å²) in [5.41, 5.74) is 0.801. The molecule has 0 saturated heterocycles. The van der Waals surface area contributed by atoms with Crippen LogP contribution in [0.2, 0.25) is 0 Å². The number of benzene rings is 1. The Balaban J connectivity index is 2.84. The van der Waals surface area contributed by atoms with E-state index in [-0.39, 0.29) is 11.4 Å². The second-order valence-corrected chi connectivity index (χ2v) is 3.33. The van der Waals surface area contributed by atoms with Crippen LogP contribution in [0.1, 0.15) is 10.4 Å². The fourth-order valence-corrected chi connectivity index (χ4v) is 1.23. The highest BCUT2D eigenvalue weighted by Gasteiger charge is 2.01. The van der Waals surface area contributed by atoms with Gasteiger partial charge in [-0.15, -0.1) is 0 Å². The summed E-state index contributed by atoms with van der Waals surface area (Å²) in [6, 6.07) is 8.78. The summed E-state index contributed by atoms with van der Waals surface area (Å²) < 4.78 is 12.9. The van der Waals surface area contributed by atoms with E-state index in [2.05, 4.69) is 13.2 Å². The third kappa shape index (κ3) is 4.03. The minimum atomic E-state index is -0.595. The molecule has 0 fully saturated rings. The largest absolute Gasteiger partial charge is 0.289 e. The van der Waals surface area contributed by atoms with Crippen LogP contribution in [0.3, 0.4) is 0 Å². The molecular formula is C15H13FO. The second-order valence-electron chi connectivity index (χ2n) is 3.33. The summed E-state index contributed by atoms with van der Waals surface area (Å²) in [4.78, 5) is 11.7. The Morgan fingerprint density at radius 3 is 2.35 bits per heavy atom. The first-order valence-electron chi connectivity index (χ1n) is 5.10. The van der Waals surface area contributed by atoms with Crippen LogP contribution in [0.5, 0.6) is 0 Å². The first-order valence-corrected chi connectivity index (χ1v) is 5.10. The molecule has 0 spiro atoms. The van der Waals surface area contributed by atoms with Crippen molar-refractivity contribution < 1.29 is 9.18 Å². The van der Waals surface area contributed by atoms with E-state index in [9.17, 15) is 9.18 Å². The molecule has 0 amide bonds. The van der Waals surface area contributed by atoms with E-state index >= 15 is 0 Å². The fourth-order valence-electron chi connectivity index (χ4n) is 1.23. The molecule has 2 heteroatoms. The molecule has 1 aromatic carbocycles. The van der Waals surface area contributed by atoms with Crippen LogP contribution in [0.15, 0.2) is 79.2 Å². The minimum Gasteiger partial charge on any atom is -0.289 e. The highest BCUT2D eigenvalue weighted by molar-refractivity contribution is 6.04. The Morgan fingerprint density at radius 1 is 1.18 bits per heavy atom. The normalized spacial score (nSPS) is 11.5. The van der Waals surface area contributed by atoms with Crippen molar-refractivity contribution in [1.82, 2.24) is 0 Å². The van der Waals surface area contributed by atoms with Crippen molar-refractivity contribution >= 4 is 5.78 Å². The molecule has 86 valence electrons. The fraction of sp³-hybridized carbons (Fsp3) is 0. The number of halogens is 1. The third-order valence-corrected chi connectivity index (χ3v) is 2.08. The van der Waals surface area contributed by atoms with Crippen LogP contribution in [-0.4, -0.2) is 5.78 Å². The zero-order chi connectivity index (χ0) is 12.7. The van der Waals surface area contributed by atoms with Crippen molar-refractivity contribution in [3.05, 3.63) is 84.8 Å². The van der Waals surface area contributed by atoms with Crippen molar-refractivity contribution in [3.63, 3.8) is 0 Å². The number of ketones is 1. The van der Waals surface area contributed by atoms with Crippen LogP contribution in [-0.2, 0) is 0 Å². The van der Waals surface area contributed by atoms with E-state index in [1.54, 1.807) is 24.3 Å². The maximum atomic E-state index is 12.9. The summed E-state index contributed by atoms with van der Waals surface area (Å²) in [7, 11) is 0. The molecule has 0 unspecified atom stereocenters. The van der Waals surface area contributed by atoms with Gasteiger partial charge in [-0.1, -0.05) is 55.6 Å². The molecule has 1 nitrogen and oxygen atoms in total. The molecule has 0 radical (unpaired) electrons. The van der Waals surface area contributed by atoms with E-state index in [0.29, 0.717) is 5.56 Å². The van der Waals surface area contributed by atoms with E-state index in [4.69, 9.17) is 0 Å². The van der Waals surface area contributed by atoms with Crippen molar-refractivity contribution in [3.8, 4) is 0 Å². The number of carbonyl (C=O) groups excluding carboxylic acids is 1. The molecule has 1 rings (SSSR count). The molecule has 1 aromatic rings. The van der Waals surface area contributed by atoms with Gasteiger partial charge in [0.25, 0.3) is 0 Å². The van der Waals surface area contributed by atoms with Crippen molar-refractivity contribution in [2.24, 2.45) is 0 Å². The standard InChI is InChI=1S/C15H13FO/c1-3-7-13(12(2)16)10-11-15(17)14-8-5-4-6-9-14/h3-11H,1-2H2/b11-10+,13-7-. The van der Waals surface area contributed by atoms with Gasteiger partial charge >= 0.3 is 0 Å². The molecule has 17 heavy (non-hydrogen) atoms. The van der Waals surface area contributed by atoms with Gasteiger partial charge in [-0.3, -0.25) is 4.79 Å². The second kappa shape index (κ2) is 6.38. The van der Waals surface area contributed by atoms with Crippen molar-refractivity contribution in [1.29, 1.82) is 0 Å². The molecule has 0 atom stereocenters. The van der Waals surface area contributed by atoms with Crippen LogP contribution in [0, 0.1) is 0 Å². The molecular weight excluding hydrogens is 215 g/mol. The van der Waals surface area contributed by atoms with Gasteiger partial charge in [0.15, 0.2) is 5.78 Å². The Hall–Kier alpha value is -2.22. The molecule has 0 N–H and O–H groups in total. The lowest BCUT2D eigenvalue weighted by Gasteiger charge is -1.96. The van der Waals surface area contributed by atoms with Gasteiger partial charge in [-0.05, 0) is 12.2 Å². The van der Waals surface area contributed by atoms with Crippen molar-refractivity contribution in [2.75, 3.05) is 0 Å². The molecule has 0 aliphatic heterocycles. The zero-order valence-corrected chi connectivity index (χ0v) is 9.40. The Bertz CT molecular complexity index is 481. The molecule has 0 aliphatic carbocycles. The summed E-state index contributed by atoms with van der Waals surface area (Å²) in [6.07, 6.45) is 5.60. The number of rotatable bonds is 5. The first-order chi connectivity index (χ1) is 8.15. The number of carbonyl (C=O) groups is 1.